The molecule has 0 aromatic carbocycles. The van der Waals surface area contributed by atoms with E-state index in [1.165, 1.54) is 48.3 Å². The third-order valence-corrected chi connectivity index (χ3v) is 5.99. The quantitative estimate of drug-likeness (QED) is 0.743. The van der Waals surface area contributed by atoms with Crippen molar-refractivity contribution in [1.82, 2.24) is 5.32 Å². The molecule has 1 N–H and O–H groups in total. The third-order valence-electron chi connectivity index (χ3n) is 4.58. The highest BCUT2D eigenvalue weighted by Gasteiger charge is 2.24. The van der Waals surface area contributed by atoms with Crippen LogP contribution in [-0.2, 0) is 6.42 Å². The van der Waals surface area contributed by atoms with Crippen LogP contribution in [0.25, 0.3) is 0 Å². The molecule has 1 aliphatic rings. The number of nitrogens with one attached hydrogen (secondary N) is 1. The lowest BCUT2D eigenvalue weighted by molar-refractivity contribution is 0.250. The standard InChI is InChI=1S/C17H29NS/c1-4-15-11-12-17(19-15)13(3)18-16(5-2)14-9-7-6-8-10-14/h11-14,16,18H,4-10H2,1-3H3. The number of rotatable bonds is 6. The zero-order chi connectivity index (χ0) is 13.7. The summed E-state index contributed by atoms with van der Waals surface area (Å²) in [6.45, 7) is 6.91. The van der Waals surface area contributed by atoms with Gasteiger partial charge in [0, 0.05) is 21.8 Å². The number of hydrogen-bond donors (Lipinski definition) is 1. The fourth-order valence-corrected chi connectivity index (χ4v) is 4.31. The van der Waals surface area contributed by atoms with Crippen molar-refractivity contribution in [1.29, 1.82) is 0 Å². The Morgan fingerprint density at radius 3 is 2.53 bits per heavy atom. The minimum Gasteiger partial charge on any atom is -0.306 e. The number of thiophene rings is 1. The van der Waals surface area contributed by atoms with E-state index < -0.39 is 0 Å². The van der Waals surface area contributed by atoms with Crippen molar-refractivity contribution in [2.24, 2.45) is 5.92 Å². The molecule has 0 amide bonds. The largest absolute Gasteiger partial charge is 0.306 e. The van der Waals surface area contributed by atoms with Gasteiger partial charge in [-0.05, 0) is 50.7 Å². The fourth-order valence-electron chi connectivity index (χ4n) is 3.34. The van der Waals surface area contributed by atoms with Gasteiger partial charge in [-0.15, -0.1) is 11.3 Å². The van der Waals surface area contributed by atoms with E-state index in [4.69, 9.17) is 0 Å². The van der Waals surface area contributed by atoms with E-state index >= 15 is 0 Å². The van der Waals surface area contributed by atoms with Crippen LogP contribution in [0.3, 0.4) is 0 Å². The van der Waals surface area contributed by atoms with Gasteiger partial charge in [-0.25, -0.2) is 0 Å². The summed E-state index contributed by atoms with van der Waals surface area (Å²) in [6.07, 6.45) is 9.63. The second kappa shape index (κ2) is 7.44. The second-order valence-electron chi connectivity index (χ2n) is 5.96. The van der Waals surface area contributed by atoms with Crippen molar-refractivity contribution in [2.45, 2.75) is 77.8 Å². The highest BCUT2D eigenvalue weighted by molar-refractivity contribution is 7.12. The molecule has 2 heteroatoms. The SMILES string of the molecule is CCc1ccc(C(C)NC(CC)C2CCCCC2)s1. The minimum absolute atomic E-state index is 0.511. The van der Waals surface area contributed by atoms with Crippen molar-refractivity contribution >= 4 is 11.3 Å². The molecule has 1 fully saturated rings. The van der Waals surface area contributed by atoms with Crippen molar-refractivity contribution in [3.05, 3.63) is 21.9 Å². The lowest BCUT2D eigenvalue weighted by Gasteiger charge is -2.32. The van der Waals surface area contributed by atoms with Gasteiger partial charge in [0.05, 0.1) is 0 Å². The molecule has 0 bridgehead atoms. The van der Waals surface area contributed by atoms with Crippen LogP contribution in [0.4, 0.5) is 0 Å². The van der Waals surface area contributed by atoms with Crippen molar-refractivity contribution < 1.29 is 0 Å². The molecule has 1 aliphatic carbocycles. The van der Waals surface area contributed by atoms with Crippen LogP contribution in [0.1, 0.15) is 75.1 Å². The Morgan fingerprint density at radius 1 is 1.21 bits per heavy atom. The molecule has 2 unspecified atom stereocenters. The van der Waals surface area contributed by atoms with Crippen molar-refractivity contribution in [3.8, 4) is 0 Å². The van der Waals surface area contributed by atoms with Crippen LogP contribution < -0.4 is 5.32 Å². The Hall–Kier alpha value is -0.340. The highest BCUT2D eigenvalue weighted by Crippen LogP contribution is 2.30. The van der Waals surface area contributed by atoms with Gasteiger partial charge in [0.2, 0.25) is 0 Å². The molecule has 0 aliphatic heterocycles. The zero-order valence-corrected chi connectivity index (χ0v) is 13.6. The smallest absolute Gasteiger partial charge is 0.0388 e. The Balaban J connectivity index is 1.93. The Bertz CT molecular complexity index is 365. The maximum atomic E-state index is 3.90. The molecular weight excluding hydrogens is 250 g/mol. The molecule has 2 atom stereocenters. The summed E-state index contributed by atoms with van der Waals surface area (Å²) < 4.78 is 0. The molecule has 1 nitrogen and oxygen atoms in total. The predicted octanol–water partition coefficient (Wildman–Crippen LogP) is 5.32. The lowest BCUT2D eigenvalue weighted by atomic mass is 9.82. The summed E-state index contributed by atoms with van der Waals surface area (Å²) in [5.74, 6) is 0.909. The Kier molecular flexibility index (Phi) is 5.90. The average molecular weight is 279 g/mol. The zero-order valence-electron chi connectivity index (χ0n) is 12.7. The molecule has 1 aromatic rings. The van der Waals surface area contributed by atoms with Crippen molar-refractivity contribution in [3.63, 3.8) is 0 Å². The summed E-state index contributed by atoms with van der Waals surface area (Å²) in [7, 11) is 0. The number of aryl methyl sites for hydroxylation is 1. The minimum atomic E-state index is 0.511. The maximum Gasteiger partial charge on any atom is 0.0388 e. The second-order valence-corrected chi connectivity index (χ2v) is 7.16. The summed E-state index contributed by atoms with van der Waals surface area (Å²) in [5, 5.41) is 3.90. The van der Waals surface area contributed by atoms with Gasteiger partial charge in [-0.1, -0.05) is 33.1 Å². The summed E-state index contributed by atoms with van der Waals surface area (Å²) >= 11 is 1.98. The Morgan fingerprint density at radius 2 is 1.95 bits per heavy atom. The summed E-state index contributed by atoms with van der Waals surface area (Å²) in [6, 6.07) is 5.83. The monoisotopic (exact) mass is 279 g/mol. The van der Waals surface area contributed by atoms with Gasteiger partial charge in [0.25, 0.3) is 0 Å². The molecule has 1 aromatic heterocycles. The topological polar surface area (TPSA) is 12.0 Å². The van der Waals surface area contributed by atoms with Crippen LogP contribution in [0.2, 0.25) is 0 Å². The van der Waals surface area contributed by atoms with E-state index in [2.05, 4.69) is 38.2 Å². The molecule has 108 valence electrons. The maximum absolute atomic E-state index is 3.90. The third kappa shape index (κ3) is 4.06. The van der Waals surface area contributed by atoms with Gasteiger partial charge in [0.15, 0.2) is 0 Å². The Labute approximate surface area is 122 Å². The summed E-state index contributed by atoms with van der Waals surface area (Å²) in [5.41, 5.74) is 0. The van der Waals surface area contributed by atoms with E-state index in [1.54, 1.807) is 0 Å². The van der Waals surface area contributed by atoms with E-state index in [9.17, 15) is 0 Å². The van der Waals surface area contributed by atoms with Gasteiger partial charge >= 0.3 is 0 Å². The molecular formula is C17H29NS. The predicted molar refractivity (Wildman–Crippen MR) is 85.9 cm³/mol. The first-order chi connectivity index (χ1) is 9.24. The first-order valence-electron chi connectivity index (χ1n) is 8.09. The van der Waals surface area contributed by atoms with Crippen LogP contribution in [0, 0.1) is 5.92 Å². The lowest BCUT2D eigenvalue weighted by Crippen LogP contribution is -2.38. The van der Waals surface area contributed by atoms with Crippen LogP contribution >= 0.6 is 11.3 Å². The van der Waals surface area contributed by atoms with E-state index in [0.29, 0.717) is 12.1 Å². The van der Waals surface area contributed by atoms with E-state index in [0.717, 1.165) is 12.3 Å². The first kappa shape index (κ1) is 15.1. The van der Waals surface area contributed by atoms with Gasteiger partial charge < -0.3 is 5.32 Å². The molecule has 0 spiro atoms. The van der Waals surface area contributed by atoms with Crippen LogP contribution in [-0.4, -0.2) is 6.04 Å². The summed E-state index contributed by atoms with van der Waals surface area (Å²) in [4.78, 5) is 3.01. The van der Waals surface area contributed by atoms with Crippen LogP contribution in [0.5, 0.6) is 0 Å². The van der Waals surface area contributed by atoms with Crippen LogP contribution in [0.15, 0.2) is 12.1 Å². The molecule has 1 saturated carbocycles. The normalized spacial score (nSPS) is 20.4. The average Bonchev–Trinajstić information content (AvgIpc) is 2.94. The van der Waals surface area contributed by atoms with E-state index in [-0.39, 0.29) is 0 Å². The first-order valence-corrected chi connectivity index (χ1v) is 8.90. The number of hydrogen-bond acceptors (Lipinski definition) is 2. The molecule has 0 radical (unpaired) electrons. The molecule has 2 rings (SSSR count). The van der Waals surface area contributed by atoms with Gasteiger partial charge in [0.1, 0.15) is 0 Å². The molecule has 19 heavy (non-hydrogen) atoms. The van der Waals surface area contributed by atoms with Gasteiger partial charge in [-0.3, -0.25) is 0 Å². The highest BCUT2D eigenvalue weighted by atomic mass is 32.1. The molecule has 0 saturated heterocycles. The molecule has 1 heterocycles. The van der Waals surface area contributed by atoms with E-state index in [1.807, 2.05) is 11.3 Å². The van der Waals surface area contributed by atoms with Crippen molar-refractivity contribution in [2.75, 3.05) is 0 Å². The van der Waals surface area contributed by atoms with Gasteiger partial charge in [-0.2, -0.15) is 0 Å². The fraction of sp³-hybridized carbons (Fsp3) is 0.765.